The lowest BCUT2D eigenvalue weighted by molar-refractivity contribution is -0.00813. The number of hydrogen-bond acceptors (Lipinski definition) is 3. The largest absolute Gasteiger partial charge is 0.390 e. The van der Waals surface area contributed by atoms with Gasteiger partial charge in [0, 0.05) is 19.6 Å². The van der Waals surface area contributed by atoms with E-state index in [0.29, 0.717) is 0 Å². The van der Waals surface area contributed by atoms with Crippen LogP contribution in [0.25, 0.3) is 0 Å². The van der Waals surface area contributed by atoms with Gasteiger partial charge in [-0.3, -0.25) is 0 Å². The van der Waals surface area contributed by atoms with E-state index in [2.05, 4.69) is 11.8 Å². The zero-order chi connectivity index (χ0) is 13.9. The Morgan fingerprint density at radius 1 is 1.21 bits per heavy atom. The Morgan fingerprint density at radius 2 is 1.79 bits per heavy atom. The number of hydrogen-bond donors (Lipinski definition) is 2. The molecule has 106 valence electrons. The number of piperidine rings is 1. The molecule has 1 aromatic rings. The molecule has 1 aromatic carbocycles. The maximum Gasteiger partial charge on any atom is 0.0802 e. The SMILES string of the molecule is Cc1ccc(C(O)CCN2CCC(C)(O)CC2)cc1. The number of nitrogens with zero attached hydrogens (tertiary/aromatic N) is 1. The summed E-state index contributed by atoms with van der Waals surface area (Å²) in [6, 6.07) is 8.08. The van der Waals surface area contributed by atoms with E-state index in [0.717, 1.165) is 44.5 Å². The minimum Gasteiger partial charge on any atom is -0.390 e. The molecule has 19 heavy (non-hydrogen) atoms. The predicted octanol–water partition coefficient (Wildman–Crippen LogP) is 2.27. The Bertz CT molecular complexity index is 390. The molecule has 1 aliphatic heterocycles. The minimum absolute atomic E-state index is 0.386. The van der Waals surface area contributed by atoms with Crippen LogP contribution in [-0.4, -0.2) is 40.3 Å². The summed E-state index contributed by atoms with van der Waals surface area (Å²) in [5, 5.41) is 20.1. The van der Waals surface area contributed by atoms with Gasteiger partial charge in [0.05, 0.1) is 11.7 Å². The van der Waals surface area contributed by atoms with Crippen molar-refractivity contribution in [2.45, 2.75) is 44.8 Å². The lowest BCUT2D eigenvalue weighted by atomic mass is 9.93. The first-order valence-corrected chi connectivity index (χ1v) is 7.16. The van der Waals surface area contributed by atoms with Gasteiger partial charge in [-0.1, -0.05) is 29.8 Å². The van der Waals surface area contributed by atoms with Crippen molar-refractivity contribution in [3.63, 3.8) is 0 Å². The molecule has 0 aliphatic carbocycles. The highest BCUT2D eigenvalue weighted by Crippen LogP contribution is 2.23. The van der Waals surface area contributed by atoms with Crippen molar-refractivity contribution in [3.8, 4) is 0 Å². The number of rotatable bonds is 4. The minimum atomic E-state index is -0.494. The van der Waals surface area contributed by atoms with E-state index < -0.39 is 5.60 Å². The van der Waals surface area contributed by atoms with Crippen LogP contribution >= 0.6 is 0 Å². The van der Waals surface area contributed by atoms with E-state index >= 15 is 0 Å². The molecule has 1 aliphatic rings. The first-order valence-electron chi connectivity index (χ1n) is 7.16. The quantitative estimate of drug-likeness (QED) is 0.876. The van der Waals surface area contributed by atoms with Crippen LogP contribution in [0.5, 0.6) is 0 Å². The van der Waals surface area contributed by atoms with E-state index in [-0.39, 0.29) is 6.10 Å². The molecule has 0 aromatic heterocycles. The van der Waals surface area contributed by atoms with Crippen molar-refractivity contribution in [1.82, 2.24) is 4.90 Å². The number of benzene rings is 1. The van der Waals surface area contributed by atoms with Crippen molar-refractivity contribution in [2.75, 3.05) is 19.6 Å². The van der Waals surface area contributed by atoms with Gasteiger partial charge in [0.1, 0.15) is 0 Å². The molecule has 1 atom stereocenters. The Hall–Kier alpha value is -0.900. The number of aliphatic hydroxyl groups excluding tert-OH is 1. The first-order chi connectivity index (χ1) is 8.96. The molecule has 3 nitrogen and oxygen atoms in total. The normalized spacial score (nSPS) is 21.3. The van der Waals surface area contributed by atoms with E-state index in [1.807, 2.05) is 31.2 Å². The Morgan fingerprint density at radius 3 is 2.37 bits per heavy atom. The highest BCUT2D eigenvalue weighted by atomic mass is 16.3. The standard InChI is InChI=1S/C16H25NO2/c1-13-3-5-14(6-4-13)15(18)7-10-17-11-8-16(2,19)9-12-17/h3-6,15,18-19H,7-12H2,1-2H3. The van der Waals surface area contributed by atoms with Crippen LogP contribution in [0, 0.1) is 6.92 Å². The van der Waals surface area contributed by atoms with Crippen molar-refractivity contribution < 1.29 is 10.2 Å². The average Bonchev–Trinajstić information content (AvgIpc) is 2.38. The fourth-order valence-corrected chi connectivity index (χ4v) is 2.52. The van der Waals surface area contributed by atoms with Crippen LogP contribution in [-0.2, 0) is 0 Å². The Kier molecular flexibility index (Phi) is 4.61. The second-order valence-electron chi connectivity index (χ2n) is 6.05. The van der Waals surface area contributed by atoms with Gasteiger partial charge in [0.25, 0.3) is 0 Å². The van der Waals surface area contributed by atoms with Crippen LogP contribution in [0.2, 0.25) is 0 Å². The summed E-state index contributed by atoms with van der Waals surface area (Å²) in [5.41, 5.74) is 1.72. The van der Waals surface area contributed by atoms with E-state index in [1.54, 1.807) is 0 Å². The molecule has 3 heteroatoms. The average molecular weight is 263 g/mol. The highest BCUT2D eigenvalue weighted by Gasteiger charge is 2.27. The monoisotopic (exact) mass is 263 g/mol. The molecule has 1 saturated heterocycles. The number of aryl methyl sites for hydroxylation is 1. The van der Waals surface area contributed by atoms with Crippen molar-refractivity contribution >= 4 is 0 Å². The predicted molar refractivity (Wildman–Crippen MR) is 77.1 cm³/mol. The van der Waals surface area contributed by atoms with Gasteiger partial charge in [0.15, 0.2) is 0 Å². The summed E-state index contributed by atoms with van der Waals surface area (Å²) in [5.74, 6) is 0. The molecule has 2 rings (SSSR count). The topological polar surface area (TPSA) is 43.7 Å². The van der Waals surface area contributed by atoms with Crippen molar-refractivity contribution in [2.24, 2.45) is 0 Å². The van der Waals surface area contributed by atoms with Crippen LogP contribution in [0.1, 0.15) is 43.4 Å². The summed E-state index contributed by atoms with van der Waals surface area (Å²) >= 11 is 0. The molecule has 0 spiro atoms. The summed E-state index contributed by atoms with van der Waals surface area (Å²) in [7, 11) is 0. The fourth-order valence-electron chi connectivity index (χ4n) is 2.52. The molecule has 0 radical (unpaired) electrons. The van der Waals surface area contributed by atoms with Crippen LogP contribution < -0.4 is 0 Å². The molecule has 1 fully saturated rings. The maximum absolute atomic E-state index is 10.2. The van der Waals surface area contributed by atoms with Crippen LogP contribution in [0.4, 0.5) is 0 Å². The second-order valence-corrected chi connectivity index (χ2v) is 6.05. The molecule has 2 N–H and O–H groups in total. The summed E-state index contributed by atoms with van der Waals surface area (Å²) < 4.78 is 0. The van der Waals surface area contributed by atoms with E-state index in [9.17, 15) is 10.2 Å². The Balaban J connectivity index is 1.78. The van der Waals surface area contributed by atoms with Gasteiger partial charge in [-0.25, -0.2) is 0 Å². The summed E-state index contributed by atoms with van der Waals surface area (Å²) in [6.45, 7) is 6.70. The van der Waals surface area contributed by atoms with Crippen molar-refractivity contribution in [3.05, 3.63) is 35.4 Å². The summed E-state index contributed by atoms with van der Waals surface area (Å²) in [6.07, 6.45) is 2.02. The molecule has 0 saturated carbocycles. The van der Waals surface area contributed by atoms with Gasteiger partial charge in [-0.05, 0) is 38.7 Å². The molecule has 0 bridgehead atoms. The third-order valence-corrected chi connectivity index (χ3v) is 4.11. The number of likely N-dealkylation sites (tertiary alicyclic amines) is 1. The van der Waals surface area contributed by atoms with Crippen molar-refractivity contribution in [1.29, 1.82) is 0 Å². The maximum atomic E-state index is 10.2. The van der Waals surface area contributed by atoms with Gasteiger partial charge < -0.3 is 15.1 Å². The molecular weight excluding hydrogens is 238 g/mol. The zero-order valence-electron chi connectivity index (χ0n) is 12.0. The van der Waals surface area contributed by atoms with Crippen LogP contribution in [0.15, 0.2) is 24.3 Å². The molecule has 1 unspecified atom stereocenters. The summed E-state index contributed by atoms with van der Waals surface area (Å²) in [4.78, 5) is 2.33. The van der Waals surface area contributed by atoms with Gasteiger partial charge in [0.2, 0.25) is 0 Å². The van der Waals surface area contributed by atoms with Crippen LogP contribution in [0.3, 0.4) is 0 Å². The first kappa shape index (κ1) is 14.5. The smallest absolute Gasteiger partial charge is 0.0802 e. The molecular formula is C16H25NO2. The van der Waals surface area contributed by atoms with Gasteiger partial charge >= 0.3 is 0 Å². The van der Waals surface area contributed by atoms with E-state index in [4.69, 9.17) is 0 Å². The Labute approximate surface area is 115 Å². The second kappa shape index (κ2) is 6.04. The lowest BCUT2D eigenvalue weighted by Crippen LogP contribution is -2.42. The number of aliphatic hydroxyl groups is 2. The molecule has 1 heterocycles. The lowest BCUT2D eigenvalue weighted by Gasteiger charge is -2.36. The molecule has 0 amide bonds. The van der Waals surface area contributed by atoms with E-state index in [1.165, 1.54) is 5.56 Å². The van der Waals surface area contributed by atoms with Gasteiger partial charge in [-0.15, -0.1) is 0 Å². The van der Waals surface area contributed by atoms with Gasteiger partial charge in [-0.2, -0.15) is 0 Å². The zero-order valence-corrected chi connectivity index (χ0v) is 12.0. The fraction of sp³-hybridized carbons (Fsp3) is 0.625. The third-order valence-electron chi connectivity index (χ3n) is 4.11. The third kappa shape index (κ3) is 4.30. The highest BCUT2D eigenvalue weighted by molar-refractivity contribution is 5.23.